The summed E-state index contributed by atoms with van der Waals surface area (Å²) in [6, 6.07) is 0. The van der Waals surface area contributed by atoms with E-state index in [1.165, 1.54) is 0 Å². The Morgan fingerprint density at radius 3 is 2.50 bits per heavy atom. The molecule has 1 N–H and O–H groups in total. The molecule has 0 bridgehead atoms. The molecule has 0 saturated heterocycles. The third-order valence-corrected chi connectivity index (χ3v) is 2.28. The van der Waals surface area contributed by atoms with E-state index in [1.54, 1.807) is 6.92 Å². The summed E-state index contributed by atoms with van der Waals surface area (Å²) in [5, 5.41) is 8.49. The van der Waals surface area contributed by atoms with Crippen molar-refractivity contribution in [3.05, 3.63) is 0 Å². The van der Waals surface area contributed by atoms with Crippen LogP contribution in [0.2, 0.25) is 0 Å². The summed E-state index contributed by atoms with van der Waals surface area (Å²) in [5.74, 6) is -4.01. The molecule has 0 heterocycles. The molecule has 1 atom stereocenters. The summed E-state index contributed by atoms with van der Waals surface area (Å²) >= 11 is 0. The molecule has 1 aliphatic carbocycles. The van der Waals surface area contributed by atoms with Gasteiger partial charge in [-0.3, -0.25) is 4.79 Å². The zero-order valence-corrected chi connectivity index (χ0v) is 6.89. The standard InChI is InChI=1S/C8H12F2O2/c1-5(7(11)12)2-6-3-8(9,10)4-6/h5-6H,2-4H2,1H3,(H,11,12)/t5-/m0/s1. The monoisotopic (exact) mass is 178 g/mol. The molecule has 0 aromatic heterocycles. The highest BCUT2D eigenvalue weighted by molar-refractivity contribution is 5.69. The number of hydrogen-bond donors (Lipinski definition) is 1. The lowest BCUT2D eigenvalue weighted by Crippen LogP contribution is -2.36. The van der Waals surface area contributed by atoms with E-state index in [9.17, 15) is 13.6 Å². The van der Waals surface area contributed by atoms with Gasteiger partial charge in [0.15, 0.2) is 0 Å². The second-order valence-electron chi connectivity index (χ2n) is 3.61. The largest absolute Gasteiger partial charge is 0.481 e. The Balaban J connectivity index is 2.23. The molecule has 0 aromatic carbocycles. The van der Waals surface area contributed by atoms with Gasteiger partial charge in [0.25, 0.3) is 0 Å². The fourth-order valence-corrected chi connectivity index (χ4v) is 1.55. The van der Waals surface area contributed by atoms with Gasteiger partial charge in [0, 0.05) is 12.8 Å². The minimum atomic E-state index is -2.52. The van der Waals surface area contributed by atoms with Gasteiger partial charge < -0.3 is 5.11 Å². The predicted molar refractivity (Wildman–Crippen MR) is 39.1 cm³/mol. The molecule has 1 aliphatic rings. The zero-order chi connectivity index (χ0) is 9.35. The number of carboxylic acids is 1. The van der Waals surface area contributed by atoms with Gasteiger partial charge in [0.2, 0.25) is 5.92 Å². The second-order valence-corrected chi connectivity index (χ2v) is 3.61. The fraction of sp³-hybridized carbons (Fsp3) is 0.875. The van der Waals surface area contributed by atoms with Crippen LogP contribution in [0.25, 0.3) is 0 Å². The highest BCUT2D eigenvalue weighted by atomic mass is 19.3. The maximum absolute atomic E-state index is 12.3. The van der Waals surface area contributed by atoms with Crippen molar-refractivity contribution in [2.24, 2.45) is 11.8 Å². The molecule has 1 saturated carbocycles. The molecule has 1 rings (SSSR count). The summed E-state index contributed by atoms with van der Waals surface area (Å²) in [7, 11) is 0. The third kappa shape index (κ3) is 2.16. The van der Waals surface area contributed by atoms with Crippen molar-refractivity contribution in [2.75, 3.05) is 0 Å². The quantitative estimate of drug-likeness (QED) is 0.718. The van der Waals surface area contributed by atoms with E-state index >= 15 is 0 Å². The van der Waals surface area contributed by atoms with E-state index < -0.39 is 17.8 Å². The van der Waals surface area contributed by atoms with Crippen molar-refractivity contribution >= 4 is 5.97 Å². The number of aliphatic carboxylic acids is 1. The number of rotatable bonds is 3. The number of carboxylic acid groups (broad SMARTS) is 1. The van der Waals surface area contributed by atoms with Crippen molar-refractivity contribution in [3.8, 4) is 0 Å². The SMILES string of the molecule is C[C@@H](CC1CC(F)(F)C1)C(=O)O. The van der Waals surface area contributed by atoms with Gasteiger partial charge >= 0.3 is 5.97 Å². The van der Waals surface area contributed by atoms with E-state index in [2.05, 4.69) is 0 Å². The number of hydrogen-bond acceptors (Lipinski definition) is 1. The van der Waals surface area contributed by atoms with Gasteiger partial charge in [0.1, 0.15) is 0 Å². The van der Waals surface area contributed by atoms with Gasteiger partial charge in [0.05, 0.1) is 5.92 Å². The molecule has 0 aliphatic heterocycles. The molecular weight excluding hydrogens is 166 g/mol. The highest BCUT2D eigenvalue weighted by Crippen LogP contribution is 2.45. The normalized spacial score (nSPS) is 24.6. The predicted octanol–water partition coefficient (Wildman–Crippen LogP) is 2.14. The highest BCUT2D eigenvalue weighted by Gasteiger charge is 2.45. The van der Waals surface area contributed by atoms with Crippen LogP contribution in [0.4, 0.5) is 8.78 Å². The first kappa shape index (κ1) is 9.42. The number of halogens is 2. The van der Waals surface area contributed by atoms with Gasteiger partial charge in [-0.25, -0.2) is 8.78 Å². The van der Waals surface area contributed by atoms with Crippen LogP contribution in [0.5, 0.6) is 0 Å². The Hall–Kier alpha value is -0.670. The lowest BCUT2D eigenvalue weighted by atomic mass is 9.76. The Morgan fingerprint density at radius 2 is 2.17 bits per heavy atom. The molecule has 0 spiro atoms. The van der Waals surface area contributed by atoms with Crippen LogP contribution < -0.4 is 0 Å². The number of alkyl halides is 2. The van der Waals surface area contributed by atoms with Crippen molar-refractivity contribution in [3.63, 3.8) is 0 Å². The van der Waals surface area contributed by atoms with E-state index in [4.69, 9.17) is 5.11 Å². The molecule has 0 amide bonds. The summed E-state index contributed by atoms with van der Waals surface area (Å²) in [5.41, 5.74) is 0. The molecule has 2 nitrogen and oxygen atoms in total. The van der Waals surface area contributed by atoms with E-state index in [1.807, 2.05) is 0 Å². The maximum Gasteiger partial charge on any atom is 0.306 e. The minimum Gasteiger partial charge on any atom is -0.481 e. The van der Waals surface area contributed by atoms with Crippen LogP contribution in [0.15, 0.2) is 0 Å². The summed E-state index contributed by atoms with van der Waals surface area (Å²) in [6.07, 6.45) is 0.111. The molecular formula is C8H12F2O2. The number of carbonyl (C=O) groups is 1. The van der Waals surface area contributed by atoms with Gasteiger partial charge in [-0.15, -0.1) is 0 Å². The summed E-state index contributed by atoms with van der Waals surface area (Å²) < 4.78 is 24.6. The maximum atomic E-state index is 12.3. The van der Waals surface area contributed by atoms with Crippen LogP contribution in [0.1, 0.15) is 26.2 Å². The molecule has 0 radical (unpaired) electrons. The topological polar surface area (TPSA) is 37.3 Å². The van der Waals surface area contributed by atoms with Gasteiger partial charge in [-0.1, -0.05) is 6.92 Å². The Kier molecular flexibility index (Phi) is 2.35. The molecule has 70 valence electrons. The van der Waals surface area contributed by atoms with Crippen LogP contribution in [0.3, 0.4) is 0 Å². The first-order chi connectivity index (χ1) is 5.41. The average molecular weight is 178 g/mol. The average Bonchev–Trinajstić information content (AvgIpc) is 1.83. The Labute approximate surface area is 69.6 Å². The third-order valence-electron chi connectivity index (χ3n) is 2.28. The van der Waals surface area contributed by atoms with Crippen LogP contribution in [-0.4, -0.2) is 17.0 Å². The first-order valence-corrected chi connectivity index (χ1v) is 4.01. The lowest BCUT2D eigenvalue weighted by molar-refractivity contribution is -0.146. The Morgan fingerprint density at radius 1 is 1.67 bits per heavy atom. The van der Waals surface area contributed by atoms with Crippen LogP contribution in [0, 0.1) is 11.8 Å². The van der Waals surface area contributed by atoms with Crippen molar-refractivity contribution in [1.29, 1.82) is 0 Å². The molecule has 1 fully saturated rings. The smallest absolute Gasteiger partial charge is 0.306 e. The van der Waals surface area contributed by atoms with Crippen molar-refractivity contribution < 1.29 is 18.7 Å². The minimum absolute atomic E-state index is 0.0916. The van der Waals surface area contributed by atoms with Crippen molar-refractivity contribution in [1.82, 2.24) is 0 Å². The van der Waals surface area contributed by atoms with Gasteiger partial charge in [-0.05, 0) is 12.3 Å². The fourth-order valence-electron chi connectivity index (χ4n) is 1.55. The summed E-state index contributed by atoms with van der Waals surface area (Å²) in [4.78, 5) is 10.3. The molecule has 12 heavy (non-hydrogen) atoms. The zero-order valence-electron chi connectivity index (χ0n) is 6.89. The molecule has 0 aromatic rings. The van der Waals surface area contributed by atoms with E-state index in [0.29, 0.717) is 6.42 Å². The molecule has 0 unspecified atom stereocenters. The van der Waals surface area contributed by atoms with Crippen LogP contribution in [-0.2, 0) is 4.79 Å². The van der Waals surface area contributed by atoms with Crippen molar-refractivity contribution in [2.45, 2.75) is 32.1 Å². The van der Waals surface area contributed by atoms with Crippen LogP contribution >= 0.6 is 0 Å². The second kappa shape index (κ2) is 2.99. The lowest BCUT2D eigenvalue weighted by Gasteiger charge is -2.35. The Bertz CT molecular complexity index is 183. The van der Waals surface area contributed by atoms with Gasteiger partial charge in [-0.2, -0.15) is 0 Å². The van der Waals surface area contributed by atoms with E-state index in [0.717, 1.165) is 0 Å². The molecule has 4 heteroatoms. The van der Waals surface area contributed by atoms with E-state index in [-0.39, 0.29) is 18.8 Å². The first-order valence-electron chi connectivity index (χ1n) is 4.01. The summed E-state index contributed by atoms with van der Waals surface area (Å²) in [6.45, 7) is 1.55.